The van der Waals surface area contributed by atoms with Crippen LogP contribution in [0.15, 0.2) is 3.79 Å². The summed E-state index contributed by atoms with van der Waals surface area (Å²) >= 11 is 6.94. The van der Waals surface area contributed by atoms with E-state index in [-0.39, 0.29) is 18.1 Å². The molecule has 3 heterocycles. The van der Waals surface area contributed by atoms with E-state index in [1.165, 1.54) is 26.7 Å². The van der Waals surface area contributed by atoms with Crippen LogP contribution < -0.4 is 10.6 Å². The fourth-order valence-electron chi connectivity index (χ4n) is 4.20. The summed E-state index contributed by atoms with van der Waals surface area (Å²) in [5.74, 6) is -0.344. The topological polar surface area (TPSA) is 70.7 Å². The Balaban J connectivity index is 1.48. The Morgan fingerprint density at radius 1 is 1.13 bits per heavy atom. The van der Waals surface area contributed by atoms with Gasteiger partial charge in [-0.25, -0.2) is 9.59 Å². The third-order valence-electron chi connectivity index (χ3n) is 5.68. The Bertz CT molecular complexity index is 999. The Labute approximate surface area is 199 Å². The van der Waals surface area contributed by atoms with Gasteiger partial charge in [0.2, 0.25) is 0 Å². The number of hydrogen-bond acceptors (Lipinski definition) is 6. The number of ether oxygens (including phenoxy) is 1. The van der Waals surface area contributed by atoms with Crippen LogP contribution in [0.5, 0.6) is 0 Å². The van der Waals surface area contributed by atoms with Gasteiger partial charge in [-0.15, -0.1) is 22.7 Å². The van der Waals surface area contributed by atoms with Crippen molar-refractivity contribution < 1.29 is 14.3 Å². The first-order valence-corrected chi connectivity index (χ1v) is 13.1. The Kier molecular flexibility index (Phi) is 7.05. The van der Waals surface area contributed by atoms with Crippen LogP contribution in [0.25, 0.3) is 0 Å². The zero-order chi connectivity index (χ0) is 22.1. The van der Waals surface area contributed by atoms with E-state index in [0.29, 0.717) is 17.1 Å². The van der Waals surface area contributed by atoms with E-state index in [9.17, 15) is 9.59 Å². The summed E-state index contributed by atoms with van der Waals surface area (Å²) in [6.07, 6.45) is 4.78. The first kappa shape index (κ1) is 22.8. The highest BCUT2D eigenvalue weighted by atomic mass is 79.9. The maximum atomic E-state index is 12.8. The van der Waals surface area contributed by atoms with E-state index in [1.807, 2.05) is 13.8 Å². The van der Waals surface area contributed by atoms with E-state index >= 15 is 0 Å². The van der Waals surface area contributed by atoms with Crippen molar-refractivity contribution in [3.8, 4) is 0 Å². The molecule has 0 radical (unpaired) electrons. The van der Waals surface area contributed by atoms with Crippen molar-refractivity contribution in [3.63, 3.8) is 0 Å². The highest BCUT2D eigenvalue weighted by Gasteiger charge is 2.28. The lowest BCUT2D eigenvalue weighted by molar-refractivity contribution is 0.0378. The predicted molar refractivity (Wildman–Crippen MR) is 129 cm³/mol. The van der Waals surface area contributed by atoms with Gasteiger partial charge in [0, 0.05) is 29.4 Å². The van der Waals surface area contributed by atoms with Crippen molar-refractivity contribution in [2.75, 3.05) is 18.9 Å². The number of rotatable bonds is 5. The molecule has 0 saturated carbocycles. The van der Waals surface area contributed by atoms with E-state index < -0.39 is 0 Å². The molecular formula is C22H28BrN3O3S2. The van der Waals surface area contributed by atoms with Crippen molar-refractivity contribution in [2.24, 2.45) is 0 Å². The first-order valence-electron chi connectivity index (χ1n) is 10.7. The molecule has 9 heteroatoms. The molecule has 31 heavy (non-hydrogen) atoms. The maximum absolute atomic E-state index is 12.8. The van der Waals surface area contributed by atoms with Gasteiger partial charge in [-0.1, -0.05) is 0 Å². The standard InChI is InChI=1S/C22H28BrN3O3S2/c1-12(2)29-21(27)18-14-6-4-5-7-16(14)31-20(18)25-22(28)24-10-15-13-8-9-26(3)11-17(13)30-19(15)23/h12H,4-11H2,1-3H3,(H2,24,25,28). The molecule has 2 aromatic rings. The number of amides is 2. The van der Waals surface area contributed by atoms with Gasteiger partial charge in [0.15, 0.2) is 0 Å². The zero-order valence-electron chi connectivity index (χ0n) is 18.1. The molecular weight excluding hydrogens is 498 g/mol. The van der Waals surface area contributed by atoms with E-state index in [4.69, 9.17) is 4.74 Å². The third kappa shape index (κ3) is 4.99. The number of aryl methyl sites for hydroxylation is 1. The Morgan fingerprint density at radius 2 is 1.90 bits per heavy atom. The number of esters is 1. The van der Waals surface area contributed by atoms with E-state index in [2.05, 4.69) is 38.5 Å². The second kappa shape index (κ2) is 9.60. The van der Waals surface area contributed by atoms with Gasteiger partial charge in [-0.2, -0.15) is 0 Å². The number of nitrogens with one attached hydrogen (secondary N) is 2. The lowest BCUT2D eigenvalue weighted by Crippen LogP contribution is -2.30. The molecule has 4 rings (SSSR count). The van der Waals surface area contributed by atoms with Gasteiger partial charge in [-0.05, 0) is 85.6 Å². The first-order chi connectivity index (χ1) is 14.8. The molecule has 6 nitrogen and oxygen atoms in total. The number of nitrogens with zero attached hydrogens (tertiary/aromatic N) is 1. The number of carbonyl (C=O) groups excluding carboxylic acids is 2. The average molecular weight is 527 g/mol. The summed E-state index contributed by atoms with van der Waals surface area (Å²) in [5.41, 5.74) is 4.10. The quantitative estimate of drug-likeness (QED) is 0.517. The number of fused-ring (bicyclic) bond motifs is 2. The van der Waals surface area contributed by atoms with Crippen LogP contribution >= 0.6 is 38.6 Å². The fraction of sp³-hybridized carbons (Fsp3) is 0.545. The summed E-state index contributed by atoms with van der Waals surface area (Å²) < 4.78 is 6.56. The van der Waals surface area contributed by atoms with Gasteiger partial charge in [-0.3, -0.25) is 5.32 Å². The van der Waals surface area contributed by atoms with Crippen LogP contribution in [0.1, 0.15) is 63.5 Å². The van der Waals surface area contributed by atoms with Crippen LogP contribution in [0.4, 0.5) is 9.80 Å². The van der Waals surface area contributed by atoms with Crippen molar-refractivity contribution >= 4 is 55.6 Å². The second-order valence-corrected chi connectivity index (χ2v) is 11.9. The van der Waals surface area contributed by atoms with Crippen molar-refractivity contribution in [2.45, 2.75) is 65.1 Å². The highest BCUT2D eigenvalue weighted by molar-refractivity contribution is 9.11. The summed E-state index contributed by atoms with van der Waals surface area (Å²) in [7, 11) is 2.13. The minimum absolute atomic E-state index is 0.200. The molecule has 0 aromatic carbocycles. The molecule has 168 valence electrons. The zero-order valence-corrected chi connectivity index (χ0v) is 21.3. The monoisotopic (exact) mass is 525 g/mol. The number of likely N-dealkylation sites (N-methyl/N-ethyl adjacent to an activating group) is 1. The number of anilines is 1. The highest BCUT2D eigenvalue weighted by Crippen LogP contribution is 2.39. The molecule has 2 aromatic heterocycles. The van der Waals surface area contributed by atoms with Gasteiger partial charge < -0.3 is 15.0 Å². The third-order valence-corrected chi connectivity index (χ3v) is 8.90. The number of thiophene rings is 2. The molecule has 1 aliphatic carbocycles. The summed E-state index contributed by atoms with van der Waals surface area (Å²) in [4.78, 5) is 30.4. The van der Waals surface area contributed by atoms with Crippen LogP contribution in [-0.2, 0) is 37.1 Å². The lowest BCUT2D eigenvalue weighted by Gasteiger charge is -2.22. The van der Waals surface area contributed by atoms with Gasteiger partial charge in [0.25, 0.3) is 0 Å². The average Bonchev–Trinajstić information content (AvgIpc) is 3.21. The number of carbonyl (C=O) groups is 2. The summed E-state index contributed by atoms with van der Waals surface area (Å²) in [5, 5.41) is 6.53. The second-order valence-electron chi connectivity index (χ2n) is 8.42. The van der Waals surface area contributed by atoms with Crippen molar-refractivity contribution in [3.05, 3.63) is 35.8 Å². The van der Waals surface area contributed by atoms with Crippen molar-refractivity contribution in [1.29, 1.82) is 0 Å². The molecule has 0 saturated heterocycles. The maximum Gasteiger partial charge on any atom is 0.341 e. The Morgan fingerprint density at radius 3 is 2.68 bits per heavy atom. The van der Waals surface area contributed by atoms with Crippen molar-refractivity contribution in [1.82, 2.24) is 10.2 Å². The lowest BCUT2D eigenvalue weighted by atomic mass is 9.95. The fourth-order valence-corrected chi connectivity index (χ4v) is 7.60. The smallest absolute Gasteiger partial charge is 0.341 e. The molecule has 1 aliphatic heterocycles. The minimum atomic E-state index is -0.344. The van der Waals surface area contributed by atoms with Crippen LogP contribution in [-0.4, -0.2) is 36.6 Å². The van der Waals surface area contributed by atoms with Gasteiger partial charge in [0.1, 0.15) is 5.00 Å². The van der Waals surface area contributed by atoms with E-state index in [1.54, 1.807) is 11.3 Å². The Hall–Kier alpha value is -1.42. The SMILES string of the molecule is CC(C)OC(=O)c1c(NC(=O)NCc2c(Br)sc3c2CCN(C)C3)sc2c1CCCC2. The molecule has 2 aliphatic rings. The molecule has 0 bridgehead atoms. The van der Waals surface area contributed by atoms with Gasteiger partial charge >= 0.3 is 12.0 Å². The molecule has 0 spiro atoms. The molecule has 2 amide bonds. The summed E-state index contributed by atoms with van der Waals surface area (Å²) in [6, 6.07) is -0.294. The molecule has 0 unspecified atom stereocenters. The largest absolute Gasteiger partial charge is 0.459 e. The predicted octanol–water partition coefficient (Wildman–Crippen LogP) is 5.33. The summed E-state index contributed by atoms with van der Waals surface area (Å²) in [6.45, 7) is 6.12. The molecule has 0 atom stereocenters. The minimum Gasteiger partial charge on any atom is -0.459 e. The number of halogens is 1. The van der Waals surface area contributed by atoms with Gasteiger partial charge in [0.05, 0.1) is 15.5 Å². The molecule has 0 fully saturated rings. The van der Waals surface area contributed by atoms with Crippen LogP contribution in [0, 0.1) is 0 Å². The number of urea groups is 1. The molecule has 2 N–H and O–H groups in total. The number of hydrogen-bond donors (Lipinski definition) is 2. The van der Waals surface area contributed by atoms with E-state index in [0.717, 1.165) is 60.1 Å². The van der Waals surface area contributed by atoms with Crippen LogP contribution in [0.2, 0.25) is 0 Å². The van der Waals surface area contributed by atoms with Crippen LogP contribution in [0.3, 0.4) is 0 Å². The normalized spacial score (nSPS) is 16.0.